The highest BCUT2D eigenvalue weighted by molar-refractivity contribution is 7.11. The number of hydrogen-bond donors (Lipinski definition) is 2. The van der Waals surface area contributed by atoms with E-state index in [1.54, 1.807) is 11.3 Å². The summed E-state index contributed by atoms with van der Waals surface area (Å²) in [6.45, 7) is 9.29. The van der Waals surface area contributed by atoms with Gasteiger partial charge in [0.25, 0.3) is 0 Å². The van der Waals surface area contributed by atoms with Crippen molar-refractivity contribution in [2.24, 2.45) is 11.7 Å². The molecule has 118 valence electrons. The Morgan fingerprint density at radius 2 is 2.33 bits per heavy atom. The van der Waals surface area contributed by atoms with Crippen LogP contribution in [0.2, 0.25) is 0 Å². The summed E-state index contributed by atoms with van der Waals surface area (Å²) in [6, 6.07) is 0.278. The molecular formula is C15H26N4OS. The van der Waals surface area contributed by atoms with Gasteiger partial charge in [0.05, 0.1) is 22.7 Å². The van der Waals surface area contributed by atoms with E-state index < -0.39 is 0 Å². The highest BCUT2D eigenvalue weighted by Crippen LogP contribution is 2.30. The number of amides is 1. The molecule has 5 nitrogen and oxygen atoms in total. The molecule has 21 heavy (non-hydrogen) atoms. The molecule has 2 heterocycles. The number of rotatable bonds is 5. The first kappa shape index (κ1) is 16.4. The van der Waals surface area contributed by atoms with E-state index in [1.165, 1.54) is 10.6 Å². The number of carbonyl (C=O) groups is 1. The van der Waals surface area contributed by atoms with Gasteiger partial charge in [-0.15, -0.1) is 11.3 Å². The van der Waals surface area contributed by atoms with Crippen LogP contribution in [0.5, 0.6) is 0 Å². The van der Waals surface area contributed by atoms with Crippen molar-refractivity contribution in [3.8, 4) is 0 Å². The number of nitrogens with one attached hydrogen (secondary N) is 1. The van der Waals surface area contributed by atoms with Crippen molar-refractivity contribution in [1.29, 1.82) is 0 Å². The lowest BCUT2D eigenvalue weighted by atomic mass is 9.95. The van der Waals surface area contributed by atoms with E-state index in [9.17, 15) is 4.79 Å². The van der Waals surface area contributed by atoms with Gasteiger partial charge in [-0.05, 0) is 40.2 Å². The van der Waals surface area contributed by atoms with E-state index in [0.717, 1.165) is 30.9 Å². The van der Waals surface area contributed by atoms with Crippen molar-refractivity contribution in [2.45, 2.75) is 39.7 Å². The maximum Gasteiger partial charge on any atom is 0.224 e. The molecule has 2 atom stereocenters. The Labute approximate surface area is 130 Å². The number of aryl methyl sites for hydroxylation is 2. The van der Waals surface area contributed by atoms with Crippen LogP contribution >= 0.6 is 11.3 Å². The average Bonchev–Trinajstić information content (AvgIpc) is 2.82. The van der Waals surface area contributed by atoms with Gasteiger partial charge in [-0.3, -0.25) is 9.69 Å². The van der Waals surface area contributed by atoms with Crippen molar-refractivity contribution >= 4 is 17.2 Å². The zero-order valence-electron chi connectivity index (χ0n) is 13.2. The van der Waals surface area contributed by atoms with Gasteiger partial charge in [0.1, 0.15) is 0 Å². The normalized spacial score (nSPS) is 21.2. The fourth-order valence-electron chi connectivity index (χ4n) is 3.02. The highest BCUT2D eigenvalue weighted by Gasteiger charge is 2.29. The number of likely N-dealkylation sites (tertiary alicyclic amines) is 1. The third-order valence-corrected chi connectivity index (χ3v) is 5.05. The summed E-state index contributed by atoms with van der Waals surface area (Å²) in [6.07, 6.45) is 2.03. The minimum Gasteiger partial charge on any atom is -0.355 e. The molecule has 1 saturated heterocycles. The van der Waals surface area contributed by atoms with Gasteiger partial charge in [0, 0.05) is 24.5 Å². The first-order valence-corrected chi connectivity index (χ1v) is 8.50. The topological polar surface area (TPSA) is 71.2 Å². The Bertz CT molecular complexity index is 488. The van der Waals surface area contributed by atoms with Gasteiger partial charge in [0.15, 0.2) is 0 Å². The number of carbonyl (C=O) groups excluding carboxylic acids is 1. The quantitative estimate of drug-likeness (QED) is 0.867. The first-order chi connectivity index (χ1) is 10.0. The first-order valence-electron chi connectivity index (χ1n) is 7.68. The predicted molar refractivity (Wildman–Crippen MR) is 86.4 cm³/mol. The van der Waals surface area contributed by atoms with E-state index >= 15 is 0 Å². The van der Waals surface area contributed by atoms with Gasteiger partial charge in [-0.25, -0.2) is 4.98 Å². The lowest BCUT2D eigenvalue weighted by Gasteiger charge is -2.35. The van der Waals surface area contributed by atoms with Crippen molar-refractivity contribution in [1.82, 2.24) is 15.2 Å². The van der Waals surface area contributed by atoms with E-state index in [1.807, 2.05) is 6.92 Å². The third-order valence-electron chi connectivity index (χ3n) is 4.15. The smallest absolute Gasteiger partial charge is 0.224 e. The van der Waals surface area contributed by atoms with E-state index in [-0.39, 0.29) is 17.9 Å². The molecule has 1 aliphatic rings. The third kappa shape index (κ3) is 4.02. The fraction of sp³-hybridized carbons (Fsp3) is 0.733. The SMILES string of the molecule is Cc1nc(C(C)N2CCCC(C(=O)NCCN)C2)c(C)s1. The summed E-state index contributed by atoms with van der Waals surface area (Å²) in [5.74, 6) is 0.219. The summed E-state index contributed by atoms with van der Waals surface area (Å²) in [5, 5.41) is 4.03. The molecule has 1 aromatic rings. The van der Waals surface area contributed by atoms with Crippen molar-refractivity contribution < 1.29 is 4.79 Å². The number of nitrogens with two attached hydrogens (primary N) is 1. The molecular weight excluding hydrogens is 284 g/mol. The maximum absolute atomic E-state index is 12.1. The van der Waals surface area contributed by atoms with Crippen LogP contribution in [0.25, 0.3) is 0 Å². The van der Waals surface area contributed by atoms with E-state index in [4.69, 9.17) is 5.73 Å². The van der Waals surface area contributed by atoms with Gasteiger partial charge in [0.2, 0.25) is 5.91 Å². The molecule has 2 rings (SSSR count). The summed E-state index contributed by atoms with van der Waals surface area (Å²) in [5.41, 5.74) is 6.61. The van der Waals surface area contributed by atoms with Crippen LogP contribution in [0.15, 0.2) is 0 Å². The zero-order valence-corrected chi connectivity index (χ0v) is 14.0. The van der Waals surface area contributed by atoms with Crippen LogP contribution in [0, 0.1) is 19.8 Å². The van der Waals surface area contributed by atoms with Crippen molar-refractivity contribution in [2.75, 3.05) is 26.2 Å². The van der Waals surface area contributed by atoms with Crippen LogP contribution in [-0.4, -0.2) is 42.0 Å². The molecule has 1 aliphatic heterocycles. The lowest BCUT2D eigenvalue weighted by molar-refractivity contribution is -0.126. The standard InChI is InChI=1S/C15H26N4OS/c1-10(14-11(2)21-12(3)18-14)19-8-4-5-13(9-19)15(20)17-7-6-16/h10,13H,4-9,16H2,1-3H3,(H,17,20). The number of aromatic nitrogens is 1. The fourth-order valence-corrected chi connectivity index (χ4v) is 3.93. The largest absolute Gasteiger partial charge is 0.355 e. The second-order valence-electron chi connectivity index (χ2n) is 5.76. The van der Waals surface area contributed by atoms with Crippen LogP contribution in [-0.2, 0) is 4.79 Å². The van der Waals surface area contributed by atoms with E-state index in [2.05, 4.69) is 29.0 Å². The van der Waals surface area contributed by atoms with E-state index in [0.29, 0.717) is 13.1 Å². The highest BCUT2D eigenvalue weighted by atomic mass is 32.1. The molecule has 1 aromatic heterocycles. The molecule has 6 heteroatoms. The van der Waals surface area contributed by atoms with Gasteiger partial charge >= 0.3 is 0 Å². The molecule has 0 aromatic carbocycles. The van der Waals surface area contributed by atoms with Crippen LogP contribution < -0.4 is 11.1 Å². The van der Waals surface area contributed by atoms with Crippen molar-refractivity contribution in [3.63, 3.8) is 0 Å². The van der Waals surface area contributed by atoms with Crippen molar-refractivity contribution in [3.05, 3.63) is 15.6 Å². The van der Waals surface area contributed by atoms with Gasteiger partial charge < -0.3 is 11.1 Å². The molecule has 0 radical (unpaired) electrons. The predicted octanol–water partition coefficient (Wildman–Crippen LogP) is 1.61. The monoisotopic (exact) mass is 310 g/mol. The summed E-state index contributed by atoms with van der Waals surface area (Å²) >= 11 is 1.75. The number of piperidine rings is 1. The zero-order chi connectivity index (χ0) is 15.4. The molecule has 2 unspecified atom stereocenters. The van der Waals surface area contributed by atoms with Gasteiger partial charge in [-0.1, -0.05) is 0 Å². The van der Waals surface area contributed by atoms with Crippen LogP contribution in [0.4, 0.5) is 0 Å². The molecule has 0 bridgehead atoms. The molecule has 0 aliphatic carbocycles. The second kappa shape index (κ2) is 7.33. The molecule has 0 spiro atoms. The number of hydrogen-bond acceptors (Lipinski definition) is 5. The minimum atomic E-state index is 0.0767. The summed E-state index contributed by atoms with van der Waals surface area (Å²) in [4.78, 5) is 20.5. The second-order valence-corrected chi connectivity index (χ2v) is 7.17. The molecule has 3 N–H and O–H groups in total. The van der Waals surface area contributed by atoms with Gasteiger partial charge in [-0.2, -0.15) is 0 Å². The number of nitrogens with zero attached hydrogens (tertiary/aromatic N) is 2. The lowest BCUT2D eigenvalue weighted by Crippen LogP contribution is -2.44. The Morgan fingerprint density at radius 1 is 1.57 bits per heavy atom. The van der Waals surface area contributed by atoms with Crippen LogP contribution in [0.3, 0.4) is 0 Å². The molecule has 1 fully saturated rings. The Morgan fingerprint density at radius 3 is 2.95 bits per heavy atom. The average molecular weight is 310 g/mol. The Balaban J connectivity index is 2.00. The summed E-state index contributed by atoms with van der Waals surface area (Å²) < 4.78 is 0. The molecule has 0 saturated carbocycles. The maximum atomic E-state index is 12.1. The summed E-state index contributed by atoms with van der Waals surface area (Å²) in [7, 11) is 0. The Kier molecular flexibility index (Phi) is 5.72. The minimum absolute atomic E-state index is 0.0767. The number of thiazole rings is 1. The Hall–Kier alpha value is -0.980. The molecule has 1 amide bonds. The van der Waals surface area contributed by atoms with Crippen LogP contribution in [0.1, 0.15) is 41.4 Å².